The minimum atomic E-state index is -0.961. The molecule has 0 spiro atoms. The lowest BCUT2D eigenvalue weighted by Crippen LogP contribution is -2.49. The van der Waals surface area contributed by atoms with E-state index in [4.69, 9.17) is 0 Å². The maximum Gasteiger partial charge on any atom is 0.262 e. The molecular weight excluding hydrogens is 323 g/mol. The molecule has 3 rings (SSSR count). The first-order chi connectivity index (χ1) is 12.0. The highest BCUT2D eigenvalue weighted by Crippen LogP contribution is 2.26. The molecule has 1 aliphatic rings. The predicted molar refractivity (Wildman–Crippen MR) is 90.8 cm³/mol. The average Bonchev–Trinajstić information content (AvgIpc) is 2.88. The van der Waals surface area contributed by atoms with E-state index in [-0.39, 0.29) is 0 Å². The molecule has 0 aromatic heterocycles. The summed E-state index contributed by atoms with van der Waals surface area (Å²) in [4.78, 5) is 40.3. The molecule has 1 atom stereocenters. The molecule has 0 N–H and O–H groups in total. The van der Waals surface area contributed by atoms with Crippen LogP contribution < -0.4 is 4.90 Å². The number of amides is 3. The first-order valence-electron chi connectivity index (χ1n) is 7.99. The molecule has 0 saturated carbocycles. The van der Waals surface area contributed by atoms with Crippen molar-refractivity contribution >= 4 is 23.4 Å². The number of fused-ring (bicyclic) bond motifs is 1. The summed E-state index contributed by atoms with van der Waals surface area (Å²) in [5, 5.41) is 0. The Balaban J connectivity index is 1.88. The van der Waals surface area contributed by atoms with Crippen LogP contribution in [0.1, 0.15) is 34.6 Å². The Morgan fingerprint density at radius 3 is 2.04 bits per heavy atom. The first-order valence-corrected chi connectivity index (χ1v) is 7.99. The minimum absolute atomic E-state index is 0.303. The van der Waals surface area contributed by atoms with Crippen LogP contribution in [-0.2, 0) is 4.79 Å². The van der Waals surface area contributed by atoms with Crippen LogP contribution in [0.2, 0.25) is 0 Å². The van der Waals surface area contributed by atoms with Gasteiger partial charge in [-0.2, -0.15) is 0 Å². The number of likely N-dealkylation sites (N-methyl/N-ethyl adjacent to an activating group) is 1. The Bertz CT molecular complexity index is 813. The highest BCUT2D eigenvalue weighted by atomic mass is 19.1. The second kappa shape index (κ2) is 6.47. The molecule has 0 fully saturated rings. The van der Waals surface area contributed by atoms with Crippen LogP contribution in [0.15, 0.2) is 48.5 Å². The second-order valence-corrected chi connectivity index (χ2v) is 5.76. The lowest BCUT2D eigenvalue weighted by Gasteiger charge is -2.28. The average molecular weight is 340 g/mol. The number of imide groups is 1. The molecule has 0 radical (unpaired) electrons. The highest BCUT2D eigenvalue weighted by molar-refractivity contribution is 6.23. The fourth-order valence-electron chi connectivity index (χ4n) is 2.98. The van der Waals surface area contributed by atoms with Crippen molar-refractivity contribution in [3.05, 3.63) is 65.5 Å². The van der Waals surface area contributed by atoms with Crippen LogP contribution in [0.3, 0.4) is 0 Å². The van der Waals surface area contributed by atoms with E-state index in [1.807, 2.05) is 0 Å². The smallest absolute Gasteiger partial charge is 0.262 e. The lowest BCUT2D eigenvalue weighted by molar-refractivity contribution is -0.121. The number of benzene rings is 2. The van der Waals surface area contributed by atoms with Crippen molar-refractivity contribution in [2.75, 3.05) is 11.4 Å². The molecule has 6 heteroatoms. The monoisotopic (exact) mass is 340 g/mol. The number of nitrogens with zero attached hydrogens (tertiary/aromatic N) is 2. The molecule has 2 aromatic rings. The van der Waals surface area contributed by atoms with Gasteiger partial charge in [0, 0.05) is 12.2 Å². The zero-order valence-corrected chi connectivity index (χ0v) is 13.9. The quantitative estimate of drug-likeness (QED) is 0.804. The second-order valence-electron chi connectivity index (χ2n) is 5.76. The molecule has 0 bridgehead atoms. The summed E-state index contributed by atoms with van der Waals surface area (Å²) in [6.45, 7) is 3.63. The molecule has 2 aromatic carbocycles. The highest BCUT2D eigenvalue weighted by Gasteiger charge is 2.41. The van der Waals surface area contributed by atoms with Crippen LogP contribution in [0.5, 0.6) is 0 Å². The number of carbonyl (C=O) groups is 3. The number of carbonyl (C=O) groups excluding carboxylic acids is 3. The van der Waals surface area contributed by atoms with Crippen LogP contribution >= 0.6 is 0 Å². The normalized spacial score (nSPS) is 14.4. The first kappa shape index (κ1) is 16.8. The third kappa shape index (κ3) is 2.80. The number of rotatable bonds is 4. The summed E-state index contributed by atoms with van der Waals surface area (Å²) in [7, 11) is 0. The number of hydrogen-bond donors (Lipinski definition) is 0. The summed E-state index contributed by atoms with van der Waals surface area (Å²) in [5.74, 6) is -1.75. The van der Waals surface area contributed by atoms with Gasteiger partial charge < -0.3 is 4.90 Å². The van der Waals surface area contributed by atoms with Crippen LogP contribution in [0.25, 0.3) is 0 Å². The Kier molecular flexibility index (Phi) is 4.35. The van der Waals surface area contributed by atoms with E-state index in [2.05, 4.69) is 0 Å². The van der Waals surface area contributed by atoms with Crippen molar-refractivity contribution in [2.24, 2.45) is 0 Å². The molecule has 1 heterocycles. The van der Waals surface area contributed by atoms with E-state index in [1.54, 1.807) is 31.2 Å². The third-order valence-electron chi connectivity index (χ3n) is 4.29. The fraction of sp³-hybridized carbons (Fsp3) is 0.211. The SMILES string of the molecule is CCN(C(=O)C(C)N1C(=O)c2ccccc2C1=O)c1ccc(F)cc1. The summed E-state index contributed by atoms with van der Waals surface area (Å²) >= 11 is 0. The van der Waals surface area contributed by atoms with Crippen molar-refractivity contribution in [3.8, 4) is 0 Å². The van der Waals surface area contributed by atoms with Crippen LogP contribution in [0.4, 0.5) is 10.1 Å². The largest absolute Gasteiger partial charge is 0.311 e. The molecule has 128 valence electrons. The molecular formula is C19H17FN2O3. The zero-order chi connectivity index (χ0) is 18.1. The molecule has 1 aliphatic heterocycles. The third-order valence-corrected chi connectivity index (χ3v) is 4.29. The van der Waals surface area contributed by atoms with Crippen LogP contribution in [-0.4, -0.2) is 35.2 Å². The van der Waals surface area contributed by atoms with Gasteiger partial charge in [-0.05, 0) is 50.2 Å². The molecule has 3 amide bonds. The van der Waals surface area contributed by atoms with Gasteiger partial charge in [0.05, 0.1) is 11.1 Å². The summed E-state index contributed by atoms with van der Waals surface area (Å²) in [6, 6.07) is 11.0. The van der Waals surface area contributed by atoms with Gasteiger partial charge in [0.15, 0.2) is 0 Å². The van der Waals surface area contributed by atoms with Gasteiger partial charge >= 0.3 is 0 Å². The topological polar surface area (TPSA) is 57.7 Å². The molecule has 25 heavy (non-hydrogen) atoms. The van der Waals surface area contributed by atoms with E-state index in [1.165, 1.54) is 36.1 Å². The van der Waals surface area contributed by atoms with E-state index >= 15 is 0 Å². The Morgan fingerprint density at radius 1 is 1.04 bits per heavy atom. The number of halogens is 1. The van der Waals surface area contributed by atoms with Gasteiger partial charge in [-0.25, -0.2) is 4.39 Å². The van der Waals surface area contributed by atoms with Crippen molar-refractivity contribution in [1.29, 1.82) is 0 Å². The summed E-state index contributed by atoms with van der Waals surface area (Å²) in [5.41, 5.74) is 1.12. The number of hydrogen-bond acceptors (Lipinski definition) is 3. The Hall–Kier alpha value is -3.02. The molecule has 5 nitrogen and oxygen atoms in total. The Labute approximate surface area is 144 Å². The summed E-state index contributed by atoms with van der Waals surface area (Å²) in [6.07, 6.45) is 0. The van der Waals surface area contributed by atoms with Crippen molar-refractivity contribution < 1.29 is 18.8 Å². The van der Waals surface area contributed by atoms with Gasteiger partial charge in [-0.1, -0.05) is 12.1 Å². The van der Waals surface area contributed by atoms with E-state index in [0.717, 1.165) is 4.90 Å². The minimum Gasteiger partial charge on any atom is -0.311 e. The van der Waals surface area contributed by atoms with Gasteiger partial charge in [0.2, 0.25) is 5.91 Å². The van der Waals surface area contributed by atoms with E-state index in [0.29, 0.717) is 23.4 Å². The standard InChI is InChI=1S/C19H17FN2O3/c1-3-21(14-10-8-13(20)9-11-14)17(23)12(2)22-18(24)15-6-4-5-7-16(15)19(22)25/h4-12H,3H2,1-2H3. The van der Waals surface area contributed by atoms with E-state index < -0.39 is 29.6 Å². The number of anilines is 1. The lowest BCUT2D eigenvalue weighted by atomic mass is 10.1. The summed E-state index contributed by atoms with van der Waals surface area (Å²) < 4.78 is 13.1. The van der Waals surface area contributed by atoms with Gasteiger partial charge in [-0.15, -0.1) is 0 Å². The Morgan fingerprint density at radius 2 is 1.56 bits per heavy atom. The molecule has 0 saturated heterocycles. The van der Waals surface area contributed by atoms with E-state index in [9.17, 15) is 18.8 Å². The maximum atomic E-state index is 13.1. The molecule has 0 aliphatic carbocycles. The maximum absolute atomic E-state index is 13.1. The van der Waals surface area contributed by atoms with Gasteiger partial charge in [0.25, 0.3) is 11.8 Å². The van der Waals surface area contributed by atoms with Crippen molar-refractivity contribution in [2.45, 2.75) is 19.9 Å². The predicted octanol–water partition coefficient (Wildman–Crippen LogP) is 2.86. The molecule has 1 unspecified atom stereocenters. The zero-order valence-electron chi connectivity index (χ0n) is 13.9. The fourth-order valence-corrected chi connectivity index (χ4v) is 2.98. The van der Waals surface area contributed by atoms with Gasteiger partial charge in [-0.3, -0.25) is 19.3 Å². The van der Waals surface area contributed by atoms with Crippen molar-refractivity contribution in [3.63, 3.8) is 0 Å². The van der Waals surface area contributed by atoms with Gasteiger partial charge in [0.1, 0.15) is 11.9 Å². The van der Waals surface area contributed by atoms with Crippen molar-refractivity contribution in [1.82, 2.24) is 4.90 Å². The van der Waals surface area contributed by atoms with Crippen LogP contribution in [0, 0.1) is 5.82 Å².